The molecule has 2 aliphatic rings. The van der Waals surface area contributed by atoms with E-state index in [0.29, 0.717) is 24.3 Å². The second-order valence-electron chi connectivity index (χ2n) is 8.59. The highest BCUT2D eigenvalue weighted by molar-refractivity contribution is 6.08. The fourth-order valence-corrected chi connectivity index (χ4v) is 5.11. The molecule has 1 amide bonds. The lowest BCUT2D eigenvalue weighted by molar-refractivity contribution is -0.121. The van der Waals surface area contributed by atoms with Crippen LogP contribution in [0.4, 0.5) is 5.69 Å². The van der Waals surface area contributed by atoms with Gasteiger partial charge < -0.3 is 19.5 Å². The van der Waals surface area contributed by atoms with Crippen molar-refractivity contribution in [1.29, 1.82) is 0 Å². The van der Waals surface area contributed by atoms with Crippen molar-refractivity contribution < 1.29 is 19.0 Å². The monoisotopic (exact) mass is 437 g/mol. The van der Waals surface area contributed by atoms with E-state index in [2.05, 4.69) is 17.4 Å². The quantitative estimate of drug-likeness (QED) is 0.474. The Bertz CT molecular complexity index is 1370. The van der Waals surface area contributed by atoms with Gasteiger partial charge in [0.1, 0.15) is 5.75 Å². The van der Waals surface area contributed by atoms with E-state index in [1.54, 1.807) is 7.11 Å². The van der Waals surface area contributed by atoms with Crippen molar-refractivity contribution in [2.45, 2.75) is 18.3 Å². The van der Waals surface area contributed by atoms with Crippen molar-refractivity contribution in [1.82, 2.24) is 0 Å². The molecule has 6 rings (SSSR count). The Kier molecular flexibility index (Phi) is 4.50. The maximum absolute atomic E-state index is 14.1. The molecule has 4 aromatic carbocycles. The fourth-order valence-electron chi connectivity index (χ4n) is 5.11. The number of rotatable bonds is 4. The Labute approximate surface area is 191 Å². The number of hydrogen-bond acceptors (Lipinski definition) is 4. The highest BCUT2D eigenvalue weighted by Crippen LogP contribution is 2.44. The normalized spacial score (nSPS) is 15.3. The maximum atomic E-state index is 14.1. The molecule has 0 unspecified atom stereocenters. The first-order valence-electron chi connectivity index (χ1n) is 11.0. The van der Waals surface area contributed by atoms with Gasteiger partial charge in [-0.1, -0.05) is 54.6 Å². The van der Waals surface area contributed by atoms with E-state index in [-0.39, 0.29) is 12.7 Å². The number of nitrogens with one attached hydrogen (secondary N) is 1. The first kappa shape index (κ1) is 19.7. The molecule has 5 heteroatoms. The van der Waals surface area contributed by atoms with Crippen LogP contribution in [0.3, 0.4) is 0 Å². The van der Waals surface area contributed by atoms with Gasteiger partial charge in [-0.05, 0) is 53.8 Å². The number of methoxy groups -OCH3 is 1. The van der Waals surface area contributed by atoms with Gasteiger partial charge in [0.05, 0.1) is 12.5 Å². The predicted molar refractivity (Wildman–Crippen MR) is 127 cm³/mol. The molecule has 0 saturated carbocycles. The fraction of sp³-hybridized carbons (Fsp3) is 0.179. The van der Waals surface area contributed by atoms with Crippen LogP contribution in [0.15, 0.2) is 78.9 Å². The minimum atomic E-state index is -0.744. The molecule has 0 radical (unpaired) electrons. The van der Waals surface area contributed by atoms with Gasteiger partial charge in [0.2, 0.25) is 12.7 Å². The summed E-state index contributed by atoms with van der Waals surface area (Å²) in [5, 5.41) is 5.16. The van der Waals surface area contributed by atoms with Gasteiger partial charge in [-0.2, -0.15) is 0 Å². The summed E-state index contributed by atoms with van der Waals surface area (Å²) in [7, 11) is 1.66. The SMILES string of the molecule is COc1ccc(NC(=O)C2(c3ccc4c(c3)OCO4)Cc3ccccc3C2)c2ccccc12. The van der Waals surface area contributed by atoms with Crippen molar-refractivity contribution in [2.24, 2.45) is 0 Å². The number of ether oxygens (including phenoxy) is 3. The molecule has 1 N–H and O–H groups in total. The van der Waals surface area contributed by atoms with Crippen molar-refractivity contribution in [3.63, 3.8) is 0 Å². The number of benzene rings is 4. The van der Waals surface area contributed by atoms with Crippen LogP contribution < -0.4 is 19.5 Å². The first-order valence-corrected chi connectivity index (χ1v) is 11.0. The average Bonchev–Trinajstić information content (AvgIpc) is 3.49. The molecule has 0 spiro atoms. The molecule has 0 aromatic heterocycles. The van der Waals surface area contributed by atoms with E-state index in [1.165, 1.54) is 11.1 Å². The van der Waals surface area contributed by atoms with Crippen molar-refractivity contribution in [2.75, 3.05) is 19.2 Å². The van der Waals surface area contributed by atoms with Crippen LogP contribution in [0.2, 0.25) is 0 Å². The molecule has 4 aromatic rings. The van der Waals surface area contributed by atoms with Crippen LogP contribution in [0.25, 0.3) is 10.8 Å². The topological polar surface area (TPSA) is 56.8 Å². The molecule has 0 saturated heterocycles. The number of amides is 1. The summed E-state index contributed by atoms with van der Waals surface area (Å²) in [5.74, 6) is 2.15. The highest BCUT2D eigenvalue weighted by Gasteiger charge is 2.46. The molecule has 5 nitrogen and oxygen atoms in total. The van der Waals surface area contributed by atoms with Crippen LogP contribution >= 0.6 is 0 Å². The summed E-state index contributed by atoms with van der Waals surface area (Å²) in [5.41, 5.74) is 3.35. The molecule has 0 bridgehead atoms. The van der Waals surface area contributed by atoms with E-state index in [0.717, 1.165) is 27.8 Å². The zero-order chi connectivity index (χ0) is 22.4. The number of fused-ring (bicyclic) bond motifs is 3. The molecule has 1 aliphatic carbocycles. The Morgan fingerprint density at radius 3 is 2.30 bits per heavy atom. The molecule has 0 fully saturated rings. The largest absolute Gasteiger partial charge is 0.496 e. The molecular weight excluding hydrogens is 414 g/mol. The van der Waals surface area contributed by atoms with Crippen molar-refractivity contribution in [3.8, 4) is 17.2 Å². The first-order chi connectivity index (χ1) is 16.2. The third-order valence-electron chi connectivity index (χ3n) is 6.81. The van der Waals surface area contributed by atoms with Gasteiger partial charge in [-0.3, -0.25) is 4.79 Å². The van der Waals surface area contributed by atoms with Gasteiger partial charge in [-0.15, -0.1) is 0 Å². The number of anilines is 1. The second kappa shape index (κ2) is 7.55. The summed E-state index contributed by atoms with van der Waals surface area (Å²) >= 11 is 0. The lowest BCUT2D eigenvalue weighted by atomic mass is 9.76. The summed E-state index contributed by atoms with van der Waals surface area (Å²) in [6, 6.07) is 25.9. The Balaban J connectivity index is 1.44. The number of carbonyl (C=O) groups is 1. The third-order valence-corrected chi connectivity index (χ3v) is 6.81. The Hall–Kier alpha value is -3.99. The van der Waals surface area contributed by atoms with Crippen molar-refractivity contribution >= 4 is 22.4 Å². The van der Waals surface area contributed by atoms with E-state index in [9.17, 15) is 4.79 Å². The van der Waals surface area contributed by atoms with Crippen LogP contribution in [0.1, 0.15) is 16.7 Å². The summed E-state index contributed by atoms with van der Waals surface area (Å²) < 4.78 is 16.7. The van der Waals surface area contributed by atoms with E-state index in [4.69, 9.17) is 14.2 Å². The van der Waals surface area contributed by atoms with Crippen LogP contribution in [-0.2, 0) is 23.1 Å². The Morgan fingerprint density at radius 1 is 0.848 bits per heavy atom. The number of hydrogen-bond donors (Lipinski definition) is 1. The molecular formula is C28H23NO4. The molecule has 33 heavy (non-hydrogen) atoms. The highest BCUT2D eigenvalue weighted by atomic mass is 16.7. The van der Waals surface area contributed by atoms with E-state index < -0.39 is 5.41 Å². The van der Waals surface area contributed by atoms with Crippen LogP contribution in [0, 0.1) is 0 Å². The maximum Gasteiger partial charge on any atom is 0.235 e. The molecule has 0 atom stereocenters. The van der Waals surface area contributed by atoms with Gasteiger partial charge in [0.25, 0.3) is 0 Å². The van der Waals surface area contributed by atoms with E-state index >= 15 is 0 Å². The lowest BCUT2D eigenvalue weighted by Crippen LogP contribution is -2.41. The second-order valence-corrected chi connectivity index (χ2v) is 8.59. The van der Waals surface area contributed by atoms with Crippen LogP contribution in [0.5, 0.6) is 17.2 Å². The van der Waals surface area contributed by atoms with Crippen molar-refractivity contribution in [3.05, 3.63) is 95.6 Å². The minimum Gasteiger partial charge on any atom is -0.496 e. The zero-order valence-corrected chi connectivity index (χ0v) is 18.3. The summed E-state index contributed by atoms with van der Waals surface area (Å²) in [4.78, 5) is 14.1. The van der Waals surface area contributed by atoms with Gasteiger partial charge in [0, 0.05) is 16.5 Å². The van der Waals surface area contributed by atoms with Gasteiger partial charge in [-0.25, -0.2) is 0 Å². The van der Waals surface area contributed by atoms with Crippen LogP contribution in [-0.4, -0.2) is 19.8 Å². The molecule has 1 aliphatic heterocycles. The predicted octanol–water partition coefficient (Wildman–Crippen LogP) is 5.25. The van der Waals surface area contributed by atoms with Gasteiger partial charge >= 0.3 is 0 Å². The standard InChI is InChI=1S/C28H23NO4/c1-31-24-13-11-23(21-8-4-5-9-22(21)24)29-27(30)28(15-18-6-2-3-7-19(18)16-28)20-10-12-25-26(14-20)33-17-32-25/h2-14H,15-17H2,1H3,(H,29,30). The molecule has 1 heterocycles. The average molecular weight is 437 g/mol. The summed E-state index contributed by atoms with van der Waals surface area (Å²) in [6.45, 7) is 0.204. The summed E-state index contributed by atoms with van der Waals surface area (Å²) in [6.07, 6.45) is 1.26. The minimum absolute atomic E-state index is 0.0344. The lowest BCUT2D eigenvalue weighted by Gasteiger charge is -2.29. The van der Waals surface area contributed by atoms with E-state index in [1.807, 2.05) is 66.7 Å². The zero-order valence-electron chi connectivity index (χ0n) is 18.3. The Morgan fingerprint density at radius 2 is 1.55 bits per heavy atom. The third kappa shape index (κ3) is 3.11. The van der Waals surface area contributed by atoms with Gasteiger partial charge in [0.15, 0.2) is 11.5 Å². The molecule has 164 valence electrons. The smallest absolute Gasteiger partial charge is 0.235 e. The number of carbonyl (C=O) groups excluding carboxylic acids is 1.